The Labute approximate surface area is 143 Å². The number of nitrogens with two attached hydrogens (primary N) is 1. The number of nitrogens with zero attached hydrogens (tertiary/aromatic N) is 1. The lowest BCUT2D eigenvalue weighted by Gasteiger charge is -2.13. The van der Waals surface area contributed by atoms with Crippen molar-refractivity contribution in [1.82, 2.24) is 5.43 Å². The van der Waals surface area contributed by atoms with Gasteiger partial charge in [0, 0.05) is 10.2 Å². The molecule has 1 amide bonds. The molecule has 1 atom stereocenters. The van der Waals surface area contributed by atoms with Gasteiger partial charge < -0.3 is 10.5 Å². The van der Waals surface area contributed by atoms with Gasteiger partial charge in [-0.25, -0.2) is 5.43 Å². The molecule has 2 aromatic carbocycles. The largest absolute Gasteiger partial charge is 0.481 e. The summed E-state index contributed by atoms with van der Waals surface area (Å²) in [6.45, 7) is 3.48. The average molecular weight is 376 g/mol. The molecule has 2 aromatic rings. The minimum absolute atomic E-state index is 0.320. The number of hydrazone groups is 1. The Morgan fingerprint density at radius 2 is 1.96 bits per heavy atom. The van der Waals surface area contributed by atoms with Crippen molar-refractivity contribution in [3.63, 3.8) is 0 Å². The lowest BCUT2D eigenvalue weighted by atomic mass is 10.1. The number of benzene rings is 2. The fourth-order valence-corrected chi connectivity index (χ4v) is 2.19. The third kappa shape index (κ3) is 5.10. The van der Waals surface area contributed by atoms with Crippen molar-refractivity contribution in [1.29, 1.82) is 0 Å². The maximum atomic E-state index is 12.0. The van der Waals surface area contributed by atoms with Crippen LogP contribution in [0.3, 0.4) is 0 Å². The normalized spacial score (nSPS) is 12.6. The topological polar surface area (TPSA) is 76.7 Å². The van der Waals surface area contributed by atoms with Crippen LogP contribution in [-0.2, 0) is 4.79 Å². The van der Waals surface area contributed by atoms with Crippen LogP contribution in [-0.4, -0.2) is 17.7 Å². The molecule has 2 rings (SSSR count). The number of rotatable bonds is 5. The van der Waals surface area contributed by atoms with Crippen LogP contribution in [0.5, 0.6) is 5.75 Å². The first-order chi connectivity index (χ1) is 11.0. The summed E-state index contributed by atoms with van der Waals surface area (Å²) in [5.41, 5.74) is 10.4. The van der Waals surface area contributed by atoms with Gasteiger partial charge in [0.15, 0.2) is 6.10 Å². The standard InChI is InChI=1S/C17H18BrN3O2/c1-11(13-6-8-15(19)9-7-13)20-21-17(22)12(2)23-16-5-3-4-14(18)10-16/h3-10,12H,19H2,1-2H3,(H,21,22)/b20-11-/t12-/m1/s1. The van der Waals surface area contributed by atoms with Crippen molar-refractivity contribution >= 4 is 33.2 Å². The summed E-state index contributed by atoms with van der Waals surface area (Å²) in [5, 5.41) is 4.09. The fraction of sp³-hybridized carbons (Fsp3) is 0.176. The first kappa shape index (κ1) is 17.0. The number of hydrogen-bond donors (Lipinski definition) is 2. The summed E-state index contributed by atoms with van der Waals surface area (Å²) in [4.78, 5) is 12.0. The highest BCUT2D eigenvalue weighted by atomic mass is 79.9. The molecule has 0 saturated carbocycles. The third-order valence-electron chi connectivity index (χ3n) is 3.14. The minimum atomic E-state index is -0.660. The Kier molecular flexibility index (Phi) is 5.76. The Morgan fingerprint density at radius 3 is 2.61 bits per heavy atom. The maximum absolute atomic E-state index is 12.0. The first-order valence-corrected chi connectivity index (χ1v) is 7.87. The third-order valence-corrected chi connectivity index (χ3v) is 3.63. The fourth-order valence-electron chi connectivity index (χ4n) is 1.82. The number of anilines is 1. The summed E-state index contributed by atoms with van der Waals surface area (Å²) in [6.07, 6.45) is -0.660. The van der Waals surface area contributed by atoms with E-state index in [9.17, 15) is 4.79 Å². The molecule has 3 N–H and O–H groups in total. The van der Waals surface area contributed by atoms with E-state index in [1.807, 2.05) is 31.2 Å². The second-order valence-electron chi connectivity index (χ2n) is 5.01. The van der Waals surface area contributed by atoms with E-state index in [0.717, 1.165) is 10.0 Å². The zero-order valence-electron chi connectivity index (χ0n) is 12.9. The van der Waals surface area contributed by atoms with Gasteiger partial charge in [0.1, 0.15) is 5.75 Å². The molecule has 120 valence electrons. The summed E-state index contributed by atoms with van der Waals surface area (Å²) in [7, 11) is 0. The second-order valence-corrected chi connectivity index (χ2v) is 5.93. The lowest BCUT2D eigenvalue weighted by molar-refractivity contribution is -0.127. The highest BCUT2D eigenvalue weighted by molar-refractivity contribution is 9.10. The van der Waals surface area contributed by atoms with E-state index in [0.29, 0.717) is 17.1 Å². The van der Waals surface area contributed by atoms with Gasteiger partial charge in [-0.1, -0.05) is 34.1 Å². The van der Waals surface area contributed by atoms with Crippen LogP contribution in [0.25, 0.3) is 0 Å². The molecular weight excluding hydrogens is 358 g/mol. The van der Waals surface area contributed by atoms with E-state index in [1.54, 1.807) is 31.2 Å². The Bertz CT molecular complexity index is 714. The van der Waals surface area contributed by atoms with Crippen LogP contribution >= 0.6 is 15.9 Å². The number of carbonyl (C=O) groups is 1. The van der Waals surface area contributed by atoms with Crippen molar-refractivity contribution < 1.29 is 9.53 Å². The molecular formula is C17H18BrN3O2. The Hall–Kier alpha value is -2.34. The zero-order valence-corrected chi connectivity index (χ0v) is 14.5. The Morgan fingerprint density at radius 1 is 1.26 bits per heavy atom. The highest BCUT2D eigenvalue weighted by Gasteiger charge is 2.14. The molecule has 0 bridgehead atoms. The van der Waals surface area contributed by atoms with Gasteiger partial charge in [-0.05, 0) is 49.7 Å². The molecule has 0 unspecified atom stereocenters. The van der Waals surface area contributed by atoms with Gasteiger partial charge in [0.2, 0.25) is 0 Å². The number of ether oxygens (including phenoxy) is 1. The monoisotopic (exact) mass is 375 g/mol. The molecule has 0 fully saturated rings. The van der Waals surface area contributed by atoms with Crippen LogP contribution in [0.2, 0.25) is 0 Å². The van der Waals surface area contributed by atoms with Crippen molar-refractivity contribution in [2.24, 2.45) is 5.10 Å². The van der Waals surface area contributed by atoms with Crippen molar-refractivity contribution in [3.05, 3.63) is 58.6 Å². The van der Waals surface area contributed by atoms with E-state index in [-0.39, 0.29) is 5.91 Å². The number of halogens is 1. The van der Waals surface area contributed by atoms with Gasteiger partial charge in [-0.2, -0.15) is 5.10 Å². The second kappa shape index (κ2) is 7.78. The SMILES string of the molecule is C/C(=N/NC(=O)[C@@H](C)Oc1cccc(Br)c1)c1ccc(N)cc1. The Balaban J connectivity index is 1.95. The maximum Gasteiger partial charge on any atom is 0.280 e. The van der Waals surface area contributed by atoms with Gasteiger partial charge in [-0.3, -0.25) is 4.79 Å². The van der Waals surface area contributed by atoms with Crippen LogP contribution in [0.4, 0.5) is 5.69 Å². The van der Waals surface area contributed by atoms with E-state index in [1.165, 1.54) is 0 Å². The molecule has 0 radical (unpaired) electrons. The average Bonchev–Trinajstić information content (AvgIpc) is 2.53. The summed E-state index contributed by atoms with van der Waals surface area (Å²) >= 11 is 3.36. The van der Waals surface area contributed by atoms with E-state index in [4.69, 9.17) is 10.5 Å². The first-order valence-electron chi connectivity index (χ1n) is 7.08. The molecule has 5 nitrogen and oxygen atoms in total. The van der Waals surface area contributed by atoms with E-state index < -0.39 is 6.10 Å². The summed E-state index contributed by atoms with van der Waals surface area (Å²) in [5.74, 6) is 0.293. The van der Waals surface area contributed by atoms with Crippen molar-refractivity contribution in [3.8, 4) is 5.75 Å². The predicted octanol–water partition coefficient (Wildman–Crippen LogP) is 3.34. The molecule has 0 aliphatic rings. The summed E-state index contributed by atoms with van der Waals surface area (Å²) in [6, 6.07) is 14.6. The van der Waals surface area contributed by atoms with E-state index >= 15 is 0 Å². The van der Waals surface area contributed by atoms with Crippen molar-refractivity contribution in [2.75, 3.05) is 5.73 Å². The quantitative estimate of drug-likeness (QED) is 0.477. The van der Waals surface area contributed by atoms with Crippen LogP contribution in [0.1, 0.15) is 19.4 Å². The summed E-state index contributed by atoms with van der Waals surface area (Å²) < 4.78 is 6.47. The number of amides is 1. The van der Waals surface area contributed by atoms with Crippen LogP contribution in [0, 0.1) is 0 Å². The van der Waals surface area contributed by atoms with E-state index in [2.05, 4.69) is 26.5 Å². The molecule has 6 heteroatoms. The molecule has 0 heterocycles. The minimum Gasteiger partial charge on any atom is -0.481 e. The molecule has 0 aliphatic carbocycles. The smallest absolute Gasteiger partial charge is 0.280 e. The van der Waals surface area contributed by atoms with Gasteiger partial charge in [0.25, 0.3) is 5.91 Å². The van der Waals surface area contributed by atoms with Crippen LogP contribution in [0.15, 0.2) is 58.1 Å². The highest BCUT2D eigenvalue weighted by Crippen LogP contribution is 2.18. The lowest BCUT2D eigenvalue weighted by Crippen LogP contribution is -2.33. The van der Waals surface area contributed by atoms with Gasteiger partial charge in [0.05, 0.1) is 5.71 Å². The molecule has 0 aromatic heterocycles. The molecule has 0 spiro atoms. The van der Waals surface area contributed by atoms with Gasteiger partial charge >= 0.3 is 0 Å². The number of carbonyl (C=O) groups excluding carboxylic acids is 1. The van der Waals surface area contributed by atoms with Crippen molar-refractivity contribution in [2.45, 2.75) is 20.0 Å². The molecule has 0 saturated heterocycles. The number of nitrogen functional groups attached to an aromatic ring is 1. The predicted molar refractivity (Wildman–Crippen MR) is 95.4 cm³/mol. The molecule has 0 aliphatic heterocycles. The number of hydrogen-bond acceptors (Lipinski definition) is 4. The van der Waals surface area contributed by atoms with Crippen LogP contribution < -0.4 is 15.9 Å². The zero-order chi connectivity index (χ0) is 16.8. The number of nitrogens with one attached hydrogen (secondary N) is 1. The molecule has 23 heavy (non-hydrogen) atoms. The van der Waals surface area contributed by atoms with Gasteiger partial charge in [-0.15, -0.1) is 0 Å².